The quantitative estimate of drug-likeness (QED) is 0.169. The van der Waals surface area contributed by atoms with Crippen LogP contribution in [0.15, 0.2) is 188 Å². The van der Waals surface area contributed by atoms with Gasteiger partial charge in [0.15, 0.2) is 0 Å². The van der Waals surface area contributed by atoms with E-state index in [2.05, 4.69) is 181 Å². The number of rotatable bonds is 4. The van der Waals surface area contributed by atoms with Crippen LogP contribution in [0.4, 0.5) is 0 Å². The van der Waals surface area contributed by atoms with Crippen molar-refractivity contribution in [3.63, 3.8) is 0 Å². The molecule has 0 atom stereocenters. The van der Waals surface area contributed by atoms with Gasteiger partial charge in [0.25, 0.3) is 0 Å². The molecule has 0 bridgehead atoms. The lowest BCUT2D eigenvalue weighted by atomic mass is 9.81. The van der Waals surface area contributed by atoms with Crippen LogP contribution in [0.3, 0.4) is 0 Å². The highest BCUT2D eigenvalue weighted by atomic mass is 15.0. The molecule has 57 heavy (non-hydrogen) atoms. The van der Waals surface area contributed by atoms with Crippen molar-refractivity contribution in [3.05, 3.63) is 205 Å². The summed E-state index contributed by atoms with van der Waals surface area (Å²) in [7, 11) is 0. The van der Waals surface area contributed by atoms with E-state index >= 15 is 0 Å². The molecule has 0 saturated carbocycles. The molecule has 11 aromatic rings. The van der Waals surface area contributed by atoms with Crippen LogP contribution in [0.25, 0.3) is 98.7 Å². The smallest absolute Gasteiger partial charge is 0.0971 e. The Morgan fingerprint density at radius 1 is 0.386 bits per heavy atom. The van der Waals surface area contributed by atoms with Crippen LogP contribution in [-0.2, 0) is 6.42 Å². The number of fused-ring (bicyclic) bond motifs is 11. The highest BCUT2D eigenvalue weighted by molar-refractivity contribution is 6.23. The number of hydrogen-bond acceptors (Lipinski definition) is 2. The van der Waals surface area contributed by atoms with Crippen LogP contribution in [0.1, 0.15) is 23.1 Å². The van der Waals surface area contributed by atoms with Crippen molar-refractivity contribution in [1.82, 2.24) is 14.5 Å². The Balaban J connectivity index is 0.972. The molecule has 0 radical (unpaired) electrons. The van der Waals surface area contributed by atoms with Gasteiger partial charge in [-0.05, 0) is 104 Å². The molecule has 12 rings (SSSR count). The normalized spacial score (nSPS) is 12.9. The molecule has 2 aromatic heterocycles. The molecule has 0 saturated heterocycles. The van der Waals surface area contributed by atoms with Gasteiger partial charge in [-0.2, -0.15) is 0 Å². The third-order valence-electron chi connectivity index (χ3n) is 12.2. The molecule has 0 spiro atoms. The molecule has 1 aliphatic carbocycles. The second-order valence-electron chi connectivity index (χ2n) is 15.2. The van der Waals surface area contributed by atoms with E-state index in [-0.39, 0.29) is 0 Å². The molecule has 0 fully saturated rings. The number of aromatic nitrogens is 3. The van der Waals surface area contributed by atoms with Crippen molar-refractivity contribution in [3.8, 4) is 27.9 Å². The molecule has 0 aliphatic heterocycles. The number of hydrogen-bond donors (Lipinski definition) is 0. The Morgan fingerprint density at radius 3 is 1.75 bits per heavy atom. The maximum Gasteiger partial charge on any atom is 0.0971 e. The van der Waals surface area contributed by atoms with Gasteiger partial charge in [-0.25, -0.2) is 0 Å². The third kappa shape index (κ3) is 4.85. The summed E-state index contributed by atoms with van der Waals surface area (Å²) in [5, 5.41) is 9.73. The van der Waals surface area contributed by atoms with E-state index in [0.29, 0.717) is 0 Å². The molecule has 266 valence electrons. The minimum Gasteiger partial charge on any atom is -0.309 e. The van der Waals surface area contributed by atoms with Gasteiger partial charge in [-0.3, -0.25) is 9.97 Å². The largest absolute Gasteiger partial charge is 0.309 e. The summed E-state index contributed by atoms with van der Waals surface area (Å²) in [4.78, 5) is 9.50. The minimum atomic E-state index is 0.945. The summed E-state index contributed by atoms with van der Waals surface area (Å²) >= 11 is 0. The van der Waals surface area contributed by atoms with Gasteiger partial charge in [0, 0.05) is 39.3 Å². The predicted molar refractivity (Wildman–Crippen MR) is 239 cm³/mol. The molecule has 0 amide bonds. The van der Waals surface area contributed by atoms with Crippen LogP contribution < -0.4 is 0 Å². The Bertz CT molecular complexity index is 3390. The van der Waals surface area contributed by atoms with Gasteiger partial charge in [0.1, 0.15) is 0 Å². The summed E-state index contributed by atoms with van der Waals surface area (Å²) in [6.07, 6.45) is 8.02. The predicted octanol–water partition coefficient (Wildman–Crippen LogP) is 13.9. The van der Waals surface area contributed by atoms with Gasteiger partial charge in [0.2, 0.25) is 0 Å². The van der Waals surface area contributed by atoms with Crippen molar-refractivity contribution >= 4 is 70.7 Å². The zero-order valence-electron chi connectivity index (χ0n) is 31.2. The van der Waals surface area contributed by atoms with E-state index in [1.165, 1.54) is 93.6 Å². The zero-order chi connectivity index (χ0) is 37.5. The topological polar surface area (TPSA) is 30.7 Å². The molecule has 2 heterocycles. The van der Waals surface area contributed by atoms with Crippen LogP contribution in [0.5, 0.6) is 0 Å². The molecule has 3 nitrogen and oxygen atoms in total. The van der Waals surface area contributed by atoms with E-state index in [0.717, 1.165) is 34.6 Å². The average Bonchev–Trinajstić information content (AvgIpc) is 3.62. The van der Waals surface area contributed by atoms with Crippen molar-refractivity contribution in [1.29, 1.82) is 0 Å². The molecule has 0 unspecified atom stereocenters. The summed E-state index contributed by atoms with van der Waals surface area (Å²) in [6, 6.07) is 62.5. The number of nitrogens with zero attached hydrogens (tertiary/aromatic N) is 3. The number of para-hydroxylation sites is 2. The zero-order valence-corrected chi connectivity index (χ0v) is 31.2. The molecule has 9 aromatic carbocycles. The molecule has 3 heteroatoms. The average molecular weight is 726 g/mol. The van der Waals surface area contributed by atoms with E-state index in [4.69, 9.17) is 9.97 Å². The molecular weight excluding hydrogens is 691 g/mol. The van der Waals surface area contributed by atoms with E-state index in [9.17, 15) is 0 Å². The fraction of sp³-hybridized carbons (Fsp3) is 0.0370. The molecule has 0 N–H and O–H groups in total. The fourth-order valence-corrected chi connectivity index (χ4v) is 9.68. The lowest BCUT2D eigenvalue weighted by Crippen LogP contribution is -2.04. The highest BCUT2D eigenvalue weighted by Crippen LogP contribution is 2.43. The Kier molecular flexibility index (Phi) is 7.05. The first-order valence-corrected chi connectivity index (χ1v) is 19.8. The summed E-state index contributed by atoms with van der Waals surface area (Å²) in [5.74, 6) is 0. The van der Waals surface area contributed by atoms with Crippen LogP contribution in [0.2, 0.25) is 0 Å². The Labute approximate surface area is 329 Å². The van der Waals surface area contributed by atoms with Crippen LogP contribution in [-0.4, -0.2) is 14.5 Å². The maximum atomic E-state index is 4.77. The minimum absolute atomic E-state index is 0.945. The van der Waals surface area contributed by atoms with Gasteiger partial charge >= 0.3 is 0 Å². The van der Waals surface area contributed by atoms with Gasteiger partial charge in [0.05, 0.1) is 27.8 Å². The number of benzene rings is 9. The first-order valence-electron chi connectivity index (χ1n) is 19.8. The first kappa shape index (κ1) is 31.9. The van der Waals surface area contributed by atoms with Crippen LogP contribution >= 0.6 is 0 Å². The lowest BCUT2D eigenvalue weighted by Gasteiger charge is -2.23. The van der Waals surface area contributed by atoms with E-state index in [1.54, 1.807) is 12.4 Å². The van der Waals surface area contributed by atoms with Gasteiger partial charge in [-0.15, -0.1) is 0 Å². The summed E-state index contributed by atoms with van der Waals surface area (Å²) in [5.41, 5.74) is 15.8. The number of allylic oxidation sites excluding steroid dienone is 1. The molecular formula is C54H35N3. The van der Waals surface area contributed by atoms with Crippen LogP contribution in [0, 0.1) is 0 Å². The van der Waals surface area contributed by atoms with Crippen molar-refractivity contribution < 1.29 is 0 Å². The van der Waals surface area contributed by atoms with E-state index in [1.807, 2.05) is 0 Å². The van der Waals surface area contributed by atoms with Crippen molar-refractivity contribution in [2.75, 3.05) is 0 Å². The van der Waals surface area contributed by atoms with Crippen molar-refractivity contribution in [2.45, 2.75) is 12.8 Å². The lowest BCUT2D eigenvalue weighted by molar-refractivity contribution is 0.980. The third-order valence-corrected chi connectivity index (χ3v) is 12.2. The second kappa shape index (κ2) is 12.6. The van der Waals surface area contributed by atoms with Crippen molar-refractivity contribution in [2.24, 2.45) is 0 Å². The van der Waals surface area contributed by atoms with E-state index < -0.39 is 0 Å². The summed E-state index contributed by atoms with van der Waals surface area (Å²) in [6.45, 7) is 0. The fourth-order valence-electron chi connectivity index (χ4n) is 9.68. The summed E-state index contributed by atoms with van der Waals surface area (Å²) < 4.78 is 2.44. The maximum absolute atomic E-state index is 4.77. The second-order valence-corrected chi connectivity index (χ2v) is 15.2. The molecule has 1 aliphatic rings. The van der Waals surface area contributed by atoms with Gasteiger partial charge in [-0.1, -0.05) is 146 Å². The van der Waals surface area contributed by atoms with Gasteiger partial charge < -0.3 is 4.57 Å². The SMILES string of the molecule is C1=C(c2cccc(-c3ccc4c(c3)c3ccccc3c3nccnc43)c2)c2cccc(-c3ccc(-n4c5ccccc5c5ccccc54)c4ccccc34)c2CC1. The standard InChI is InChI=1S/C54H35N3/c1-3-16-44-41(14-1)43(28-29-52(44)57-50-24-7-5-17-45(50)46-18-6-8-25-51(46)57)40-23-11-21-38-37(20-10-22-39(38)40)36-13-9-12-34(32-36)35-26-27-48-49(33-35)42-15-2-4-19-47(42)53-54(48)56-31-30-55-53/h1-9,11-21,23-33H,10,22H2. The Hall–Kier alpha value is -7.36. The first-order chi connectivity index (χ1) is 28.3. The Morgan fingerprint density at radius 2 is 0.982 bits per heavy atom. The monoisotopic (exact) mass is 725 g/mol. The highest BCUT2D eigenvalue weighted by Gasteiger charge is 2.21.